The molecule has 0 bridgehead atoms. The topological polar surface area (TPSA) is 97.7 Å². The van der Waals surface area contributed by atoms with E-state index in [1.54, 1.807) is 18.9 Å². The van der Waals surface area contributed by atoms with E-state index in [1.807, 2.05) is 49.4 Å². The van der Waals surface area contributed by atoms with Gasteiger partial charge in [-0.3, -0.25) is 9.69 Å². The largest absolute Gasteiger partial charge is 0.480 e. The molecule has 1 saturated heterocycles. The summed E-state index contributed by atoms with van der Waals surface area (Å²) in [4.78, 5) is 14.5. The van der Waals surface area contributed by atoms with Crippen molar-refractivity contribution >= 4 is 5.97 Å². The Morgan fingerprint density at radius 2 is 1.82 bits per heavy atom. The quantitative estimate of drug-likeness (QED) is 0.475. The molecule has 5 rings (SSSR count). The number of hydrogen-bond donors (Lipinski definition) is 2. The van der Waals surface area contributed by atoms with Crippen LogP contribution in [0.25, 0.3) is 0 Å². The first-order valence-corrected chi connectivity index (χ1v) is 14.3. The lowest BCUT2D eigenvalue weighted by Crippen LogP contribution is -2.62. The Labute approximate surface area is 231 Å². The molecule has 0 aromatic heterocycles. The van der Waals surface area contributed by atoms with Crippen molar-refractivity contribution in [1.82, 2.24) is 4.90 Å². The molecule has 8 heteroatoms. The highest BCUT2D eigenvalue weighted by atomic mass is 16.6. The Balaban J connectivity index is 1.48. The smallest absolute Gasteiger partial charge is 0.321 e. The predicted octanol–water partition coefficient (Wildman–Crippen LogP) is 4.39. The number of carboxylic acid groups (broad SMARTS) is 1. The molecule has 1 aromatic rings. The Morgan fingerprint density at radius 3 is 2.46 bits per heavy atom. The lowest BCUT2D eigenvalue weighted by molar-refractivity contribution is -0.217. The van der Waals surface area contributed by atoms with Crippen molar-refractivity contribution in [2.24, 2.45) is 0 Å². The van der Waals surface area contributed by atoms with Crippen LogP contribution in [0.5, 0.6) is 0 Å². The van der Waals surface area contributed by atoms with Gasteiger partial charge in [-0.15, -0.1) is 0 Å². The van der Waals surface area contributed by atoms with E-state index in [-0.39, 0.29) is 25.2 Å². The van der Waals surface area contributed by atoms with Crippen molar-refractivity contribution in [3.8, 4) is 0 Å². The number of ether oxygens (including phenoxy) is 4. The molecule has 1 aromatic carbocycles. The molecular formula is C31H43NO7. The zero-order chi connectivity index (χ0) is 27.6. The van der Waals surface area contributed by atoms with E-state index in [1.165, 1.54) is 0 Å². The van der Waals surface area contributed by atoms with E-state index < -0.39 is 35.5 Å². The van der Waals surface area contributed by atoms with Gasteiger partial charge in [0.1, 0.15) is 29.6 Å². The first-order chi connectivity index (χ1) is 18.7. The van der Waals surface area contributed by atoms with E-state index in [9.17, 15) is 15.0 Å². The Morgan fingerprint density at radius 1 is 1.13 bits per heavy atom. The van der Waals surface area contributed by atoms with Crippen LogP contribution in [0, 0.1) is 0 Å². The summed E-state index contributed by atoms with van der Waals surface area (Å²) in [5.74, 6) is -0.979. The van der Waals surface area contributed by atoms with Gasteiger partial charge < -0.3 is 29.2 Å². The average Bonchev–Trinajstić information content (AvgIpc) is 3.47. The van der Waals surface area contributed by atoms with Crippen molar-refractivity contribution in [2.45, 2.75) is 101 Å². The maximum absolute atomic E-state index is 12.8. The van der Waals surface area contributed by atoms with Crippen LogP contribution < -0.4 is 0 Å². The molecule has 2 aliphatic heterocycles. The molecule has 0 amide bonds. The number of aliphatic hydroxyl groups is 1. The number of aliphatic carboxylic acids is 1. The Kier molecular flexibility index (Phi) is 8.62. The van der Waals surface area contributed by atoms with Gasteiger partial charge in [-0.25, -0.2) is 0 Å². The second kappa shape index (κ2) is 11.8. The number of benzene rings is 1. The second-order valence-electron chi connectivity index (χ2n) is 11.7. The standard InChI is InChI=1S/C31H43NO7/c1-30(36-3)16-13-22-20-32(26(29(33)34)19-25(22)28(30)39-24-14-17-37-18-15-24)31(2,35)27(21-9-5-4-6-10-21)38-23-11-7-8-12-23/h4-6,9-10,13,16,23-24,26-28,35H,7-8,11-12,14-15,17-20H2,1-3H3,(H,33,34)/t26-,27+,28+,30?,31?/m1/s1. The highest BCUT2D eigenvalue weighted by molar-refractivity contribution is 5.75. The molecule has 2 heterocycles. The first-order valence-electron chi connectivity index (χ1n) is 14.3. The summed E-state index contributed by atoms with van der Waals surface area (Å²) in [6.07, 6.45) is 8.87. The molecule has 2 fully saturated rings. The molecule has 2 N–H and O–H groups in total. The molecule has 2 aliphatic carbocycles. The van der Waals surface area contributed by atoms with Gasteiger partial charge in [0.15, 0.2) is 0 Å². The molecule has 8 nitrogen and oxygen atoms in total. The summed E-state index contributed by atoms with van der Waals surface area (Å²) in [5.41, 5.74) is 0.444. The SMILES string of the molecule is COC1(C)C=CC2=C(C[C@H](C(=O)O)N(C(C)(O)[C@@H](OC3CCCC3)c3ccccc3)C2)[C@@H]1OC1CCOCC1. The summed E-state index contributed by atoms with van der Waals surface area (Å²) < 4.78 is 24.7. The van der Waals surface area contributed by atoms with E-state index in [2.05, 4.69) is 0 Å². The van der Waals surface area contributed by atoms with Gasteiger partial charge in [-0.05, 0) is 68.7 Å². The van der Waals surface area contributed by atoms with Crippen LogP contribution in [0.3, 0.4) is 0 Å². The average molecular weight is 542 g/mol. The zero-order valence-electron chi connectivity index (χ0n) is 23.4. The summed E-state index contributed by atoms with van der Waals surface area (Å²) >= 11 is 0. The Hall–Kier alpha value is -2.07. The summed E-state index contributed by atoms with van der Waals surface area (Å²) in [5, 5.41) is 22.7. The normalized spacial score (nSPS) is 31.2. The molecule has 1 saturated carbocycles. The third-order valence-electron chi connectivity index (χ3n) is 9.03. The molecule has 0 radical (unpaired) electrons. The third kappa shape index (κ3) is 5.87. The summed E-state index contributed by atoms with van der Waals surface area (Å²) in [6.45, 7) is 5.25. The van der Waals surface area contributed by atoms with Crippen molar-refractivity contribution in [1.29, 1.82) is 0 Å². The fraction of sp³-hybridized carbons (Fsp3) is 0.645. The molecule has 2 unspecified atom stereocenters. The lowest BCUT2D eigenvalue weighted by Gasteiger charge is -2.50. The van der Waals surface area contributed by atoms with Crippen LogP contribution in [0.4, 0.5) is 0 Å². The van der Waals surface area contributed by atoms with Crippen LogP contribution >= 0.6 is 0 Å². The number of carboxylic acids is 1. The molecule has 214 valence electrons. The monoisotopic (exact) mass is 541 g/mol. The highest BCUT2D eigenvalue weighted by Gasteiger charge is 2.51. The van der Waals surface area contributed by atoms with E-state index in [4.69, 9.17) is 18.9 Å². The van der Waals surface area contributed by atoms with Crippen LogP contribution in [0.2, 0.25) is 0 Å². The second-order valence-corrected chi connectivity index (χ2v) is 11.7. The number of methoxy groups -OCH3 is 1. The van der Waals surface area contributed by atoms with Gasteiger partial charge in [0, 0.05) is 26.9 Å². The van der Waals surface area contributed by atoms with E-state index in [0.717, 1.165) is 55.2 Å². The van der Waals surface area contributed by atoms with Crippen molar-refractivity contribution < 1.29 is 34.0 Å². The zero-order valence-corrected chi connectivity index (χ0v) is 23.4. The molecule has 4 aliphatic rings. The van der Waals surface area contributed by atoms with Crippen LogP contribution in [-0.2, 0) is 23.7 Å². The van der Waals surface area contributed by atoms with Gasteiger partial charge in [0.25, 0.3) is 0 Å². The maximum atomic E-state index is 12.8. The fourth-order valence-electron chi connectivity index (χ4n) is 6.59. The van der Waals surface area contributed by atoms with Gasteiger partial charge in [0.2, 0.25) is 0 Å². The molecule has 5 atom stereocenters. The van der Waals surface area contributed by atoms with Gasteiger partial charge in [-0.1, -0.05) is 49.2 Å². The van der Waals surface area contributed by atoms with Crippen molar-refractivity contribution in [2.75, 3.05) is 26.9 Å². The number of nitrogens with zero attached hydrogens (tertiary/aromatic N) is 1. The fourth-order valence-corrected chi connectivity index (χ4v) is 6.59. The predicted molar refractivity (Wildman–Crippen MR) is 146 cm³/mol. The first kappa shape index (κ1) is 28.5. The van der Waals surface area contributed by atoms with Crippen molar-refractivity contribution in [3.63, 3.8) is 0 Å². The highest BCUT2D eigenvalue weighted by Crippen LogP contribution is 2.44. The number of carbonyl (C=O) groups is 1. The van der Waals surface area contributed by atoms with E-state index >= 15 is 0 Å². The third-order valence-corrected chi connectivity index (χ3v) is 9.03. The minimum absolute atomic E-state index is 0.0187. The Bertz CT molecular complexity index is 1060. The maximum Gasteiger partial charge on any atom is 0.321 e. The van der Waals surface area contributed by atoms with Crippen LogP contribution in [0.1, 0.15) is 70.5 Å². The summed E-state index contributed by atoms with van der Waals surface area (Å²) in [7, 11) is 1.66. The van der Waals surface area contributed by atoms with Crippen LogP contribution in [-0.4, -0.2) is 83.6 Å². The minimum atomic E-state index is -1.57. The molecule has 0 spiro atoms. The lowest BCUT2D eigenvalue weighted by atomic mass is 9.77. The number of rotatable bonds is 9. The van der Waals surface area contributed by atoms with Gasteiger partial charge >= 0.3 is 5.97 Å². The van der Waals surface area contributed by atoms with E-state index in [0.29, 0.717) is 13.2 Å². The van der Waals surface area contributed by atoms with Crippen LogP contribution in [0.15, 0.2) is 53.6 Å². The summed E-state index contributed by atoms with van der Waals surface area (Å²) in [6, 6.07) is 8.72. The van der Waals surface area contributed by atoms with Gasteiger partial charge in [-0.2, -0.15) is 0 Å². The van der Waals surface area contributed by atoms with Gasteiger partial charge in [0.05, 0.1) is 12.2 Å². The molecule has 39 heavy (non-hydrogen) atoms. The molecular weight excluding hydrogens is 498 g/mol. The number of hydrogen-bond acceptors (Lipinski definition) is 7. The minimum Gasteiger partial charge on any atom is -0.480 e. The van der Waals surface area contributed by atoms with Crippen molar-refractivity contribution in [3.05, 3.63) is 59.2 Å².